The van der Waals surface area contributed by atoms with Gasteiger partial charge >= 0.3 is 5.97 Å². The van der Waals surface area contributed by atoms with E-state index in [-0.39, 0.29) is 0 Å². The molecule has 3 nitrogen and oxygen atoms in total. The van der Waals surface area contributed by atoms with Crippen LogP contribution >= 0.6 is 0 Å². The molecule has 2 aliphatic carbocycles. The highest BCUT2D eigenvalue weighted by atomic mass is 16.4. The van der Waals surface area contributed by atoms with Crippen LogP contribution in [0.1, 0.15) is 58.3 Å². The molecule has 0 aromatic heterocycles. The Hall–Kier alpha value is -0.570. The highest BCUT2D eigenvalue weighted by Gasteiger charge is 2.42. The number of aliphatic carboxylic acids is 1. The van der Waals surface area contributed by atoms with Gasteiger partial charge in [-0.05, 0) is 44.4 Å². The monoisotopic (exact) mass is 225 g/mol. The summed E-state index contributed by atoms with van der Waals surface area (Å²) in [7, 11) is 0. The molecular formula is C13H23NO2. The van der Waals surface area contributed by atoms with Gasteiger partial charge in [-0.25, -0.2) is 0 Å². The molecule has 0 unspecified atom stereocenters. The van der Waals surface area contributed by atoms with Gasteiger partial charge in [0, 0.05) is 6.04 Å². The molecule has 0 atom stereocenters. The Morgan fingerprint density at radius 1 is 1.19 bits per heavy atom. The lowest BCUT2D eigenvalue weighted by Crippen LogP contribution is -2.57. The van der Waals surface area contributed by atoms with Crippen LogP contribution in [0.2, 0.25) is 0 Å². The average molecular weight is 225 g/mol. The lowest BCUT2D eigenvalue weighted by Gasteiger charge is -2.38. The molecule has 0 aliphatic heterocycles. The maximum Gasteiger partial charge on any atom is 0.323 e. The molecule has 2 saturated carbocycles. The van der Waals surface area contributed by atoms with Gasteiger partial charge in [-0.1, -0.05) is 19.8 Å². The largest absolute Gasteiger partial charge is 0.480 e. The van der Waals surface area contributed by atoms with Crippen LogP contribution in [-0.2, 0) is 4.79 Å². The fourth-order valence-electron chi connectivity index (χ4n) is 3.14. The van der Waals surface area contributed by atoms with Gasteiger partial charge in [0.1, 0.15) is 5.54 Å². The molecule has 0 bridgehead atoms. The van der Waals surface area contributed by atoms with Crippen LogP contribution in [0.3, 0.4) is 0 Å². The summed E-state index contributed by atoms with van der Waals surface area (Å²) in [5.41, 5.74) is -0.610. The summed E-state index contributed by atoms with van der Waals surface area (Å²) in [6.45, 7) is 2.22. The molecule has 2 fully saturated rings. The van der Waals surface area contributed by atoms with E-state index >= 15 is 0 Å². The number of rotatable bonds is 3. The molecule has 0 heterocycles. The topological polar surface area (TPSA) is 49.3 Å². The summed E-state index contributed by atoms with van der Waals surface area (Å²) < 4.78 is 0. The molecule has 0 aromatic carbocycles. The molecule has 0 amide bonds. The van der Waals surface area contributed by atoms with Crippen LogP contribution in [0.4, 0.5) is 0 Å². The molecule has 0 saturated heterocycles. The molecule has 2 rings (SSSR count). The van der Waals surface area contributed by atoms with Crippen LogP contribution in [-0.4, -0.2) is 22.7 Å². The normalized spacial score (nSPS) is 36.4. The molecular weight excluding hydrogens is 202 g/mol. The number of carboxylic acids is 1. The molecule has 0 spiro atoms. The highest BCUT2D eigenvalue weighted by Crippen LogP contribution is 2.34. The lowest BCUT2D eigenvalue weighted by atomic mass is 9.76. The Balaban J connectivity index is 2.00. The minimum Gasteiger partial charge on any atom is -0.480 e. The van der Waals surface area contributed by atoms with Crippen LogP contribution in [0.25, 0.3) is 0 Å². The molecule has 16 heavy (non-hydrogen) atoms. The van der Waals surface area contributed by atoms with E-state index in [0.717, 1.165) is 38.5 Å². The molecule has 2 aliphatic rings. The SMILES string of the molecule is CC1CCC(NC2CCCC2)(C(=O)O)CC1. The number of carbonyl (C=O) groups is 1. The first-order chi connectivity index (χ1) is 7.62. The minimum atomic E-state index is -0.633. The second kappa shape index (κ2) is 4.74. The molecule has 2 N–H and O–H groups in total. The van der Waals surface area contributed by atoms with Gasteiger partial charge in [-0.3, -0.25) is 10.1 Å². The molecule has 0 aromatic rings. The number of hydrogen-bond donors (Lipinski definition) is 2. The van der Waals surface area contributed by atoms with Gasteiger partial charge in [-0.15, -0.1) is 0 Å². The summed E-state index contributed by atoms with van der Waals surface area (Å²) in [5, 5.41) is 12.9. The van der Waals surface area contributed by atoms with Gasteiger partial charge in [0.15, 0.2) is 0 Å². The van der Waals surface area contributed by atoms with Crippen LogP contribution in [0, 0.1) is 5.92 Å². The van der Waals surface area contributed by atoms with Gasteiger partial charge in [0.25, 0.3) is 0 Å². The van der Waals surface area contributed by atoms with Crippen LogP contribution < -0.4 is 5.32 Å². The highest BCUT2D eigenvalue weighted by molar-refractivity contribution is 5.79. The van der Waals surface area contributed by atoms with E-state index in [2.05, 4.69) is 12.2 Å². The second-order valence-electron chi connectivity index (χ2n) is 5.70. The Morgan fingerprint density at radius 2 is 1.75 bits per heavy atom. The third-order valence-electron chi connectivity index (χ3n) is 4.37. The van der Waals surface area contributed by atoms with E-state index < -0.39 is 11.5 Å². The number of hydrogen-bond acceptors (Lipinski definition) is 2. The van der Waals surface area contributed by atoms with Gasteiger partial charge in [-0.2, -0.15) is 0 Å². The first-order valence-electron chi connectivity index (χ1n) is 6.63. The van der Waals surface area contributed by atoms with Crippen molar-refractivity contribution in [1.82, 2.24) is 5.32 Å². The van der Waals surface area contributed by atoms with Crippen molar-refractivity contribution in [3.05, 3.63) is 0 Å². The second-order valence-corrected chi connectivity index (χ2v) is 5.70. The summed E-state index contributed by atoms with van der Waals surface area (Å²) in [6.07, 6.45) is 8.53. The van der Waals surface area contributed by atoms with E-state index in [1.807, 2.05) is 0 Å². The Labute approximate surface area is 97.6 Å². The third kappa shape index (κ3) is 2.40. The summed E-state index contributed by atoms with van der Waals surface area (Å²) in [4.78, 5) is 11.5. The predicted octanol–water partition coefficient (Wildman–Crippen LogP) is 2.55. The van der Waals surface area contributed by atoms with E-state index in [0.29, 0.717) is 12.0 Å². The fraction of sp³-hybridized carbons (Fsp3) is 0.923. The van der Waals surface area contributed by atoms with E-state index in [1.54, 1.807) is 0 Å². The average Bonchev–Trinajstić information content (AvgIpc) is 2.74. The van der Waals surface area contributed by atoms with Crippen molar-refractivity contribution in [3.8, 4) is 0 Å². The van der Waals surface area contributed by atoms with Crippen molar-refractivity contribution in [1.29, 1.82) is 0 Å². The van der Waals surface area contributed by atoms with E-state index in [4.69, 9.17) is 0 Å². The number of carboxylic acid groups (broad SMARTS) is 1. The zero-order chi connectivity index (χ0) is 11.6. The Morgan fingerprint density at radius 3 is 2.25 bits per heavy atom. The zero-order valence-electron chi connectivity index (χ0n) is 10.2. The molecule has 3 heteroatoms. The van der Waals surface area contributed by atoms with Crippen molar-refractivity contribution >= 4 is 5.97 Å². The zero-order valence-corrected chi connectivity index (χ0v) is 10.2. The smallest absolute Gasteiger partial charge is 0.323 e. The van der Waals surface area contributed by atoms with Crippen molar-refractivity contribution in [2.24, 2.45) is 5.92 Å². The lowest BCUT2D eigenvalue weighted by molar-refractivity contribution is -0.147. The maximum atomic E-state index is 11.5. The molecule has 0 radical (unpaired) electrons. The summed E-state index contributed by atoms with van der Waals surface area (Å²) >= 11 is 0. The first kappa shape index (κ1) is 11.9. The standard InChI is InChI=1S/C13H23NO2/c1-10-6-8-13(9-7-10,12(15)16)14-11-4-2-3-5-11/h10-11,14H,2-9H2,1H3,(H,15,16). The quantitative estimate of drug-likeness (QED) is 0.776. The molecule has 92 valence electrons. The van der Waals surface area contributed by atoms with Gasteiger partial charge in [0.05, 0.1) is 0 Å². The summed E-state index contributed by atoms with van der Waals surface area (Å²) in [5.74, 6) is 0.0594. The van der Waals surface area contributed by atoms with E-state index in [1.165, 1.54) is 12.8 Å². The van der Waals surface area contributed by atoms with Crippen molar-refractivity contribution in [2.75, 3.05) is 0 Å². The minimum absolute atomic E-state index is 0.449. The van der Waals surface area contributed by atoms with Crippen LogP contribution in [0.15, 0.2) is 0 Å². The maximum absolute atomic E-state index is 11.5. The van der Waals surface area contributed by atoms with Gasteiger partial charge < -0.3 is 5.11 Å². The van der Waals surface area contributed by atoms with Crippen molar-refractivity contribution in [2.45, 2.75) is 69.9 Å². The van der Waals surface area contributed by atoms with Crippen molar-refractivity contribution in [3.63, 3.8) is 0 Å². The van der Waals surface area contributed by atoms with Crippen LogP contribution in [0.5, 0.6) is 0 Å². The Kier molecular flexibility index (Phi) is 3.53. The van der Waals surface area contributed by atoms with Crippen molar-refractivity contribution < 1.29 is 9.90 Å². The third-order valence-corrected chi connectivity index (χ3v) is 4.37. The predicted molar refractivity (Wildman–Crippen MR) is 63.4 cm³/mol. The Bertz CT molecular complexity index is 251. The summed E-state index contributed by atoms with van der Waals surface area (Å²) in [6, 6.07) is 0.449. The fourth-order valence-corrected chi connectivity index (χ4v) is 3.14. The first-order valence-corrected chi connectivity index (χ1v) is 6.63. The van der Waals surface area contributed by atoms with E-state index in [9.17, 15) is 9.90 Å². The number of nitrogens with one attached hydrogen (secondary N) is 1. The van der Waals surface area contributed by atoms with Gasteiger partial charge in [0.2, 0.25) is 0 Å².